The average Bonchev–Trinajstić information content (AvgIpc) is 2.47. The molecule has 2 rings (SSSR count). The van der Waals surface area contributed by atoms with Crippen LogP contribution in [-0.2, 0) is 0 Å². The summed E-state index contributed by atoms with van der Waals surface area (Å²) in [6.07, 6.45) is 0. The maximum absolute atomic E-state index is 12.4. The number of hydrogen-bond acceptors (Lipinski definition) is 3. The SMILES string of the molecule is CNc1ccc(C)cc1C(=O)Nc1ccc(OC)c(Cl)c1. The lowest BCUT2D eigenvalue weighted by Crippen LogP contribution is -2.14. The number of methoxy groups -OCH3 is 1. The fraction of sp³-hybridized carbons (Fsp3) is 0.188. The number of halogens is 1. The van der Waals surface area contributed by atoms with Crippen LogP contribution in [-0.4, -0.2) is 20.1 Å². The summed E-state index contributed by atoms with van der Waals surface area (Å²) in [5, 5.41) is 6.30. The van der Waals surface area contributed by atoms with E-state index >= 15 is 0 Å². The summed E-state index contributed by atoms with van der Waals surface area (Å²) in [5.74, 6) is 0.380. The van der Waals surface area contributed by atoms with Gasteiger partial charge in [0.2, 0.25) is 0 Å². The fourth-order valence-corrected chi connectivity index (χ4v) is 2.26. The normalized spacial score (nSPS) is 10.1. The van der Waals surface area contributed by atoms with Crippen LogP contribution in [0.25, 0.3) is 0 Å². The third-order valence-corrected chi connectivity index (χ3v) is 3.39. The van der Waals surface area contributed by atoms with E-state index in [0.29, 0.717) is 22.0 Å². The number of ether oxygens (including phenoxy) is 1. The van der Waals surface area contributed by atoms with E-state index in [1.807, 2.05) is 25.1 Å². The highest BCUT2D eigenvalue weighted by Gasteiger charge is 2.12. The molecule has 110 valence electrons. The standard InChI is InChI=1S/C16H17ClN2O2/c1-10-4-6-14(18-2)12(8-10)16(20)19-11-5-7-15(21-3)13(17)9-11/h4-9,18H,1-3H3,(H,19,20). The van der Waals surface area contributed by atoms with Crippen molar-refractivity contribution in [1.29, 1.82) is 0 Å². The summed E-state index contributed by atoms with van der Waals surface area (Å²) in [6, 6.07) is 10.8. The smallest absolute Gasteiger partial charge is 0.257 e. The van der Waals surface area contributed by atoms with Gasteiger partial charge in [0.05, 0.1) is 17.7 Å². The van der Waals surface area contributed by atoms with Gasteiger partial charge < -0.3 is 15.4 Å². The molecule has 21 heavy (non-hydrogen) atoms. The van der Waals surface area contributed by atoms with Gasteiger partial charge in [0.15, 0.2) is 0 Å². The van der Waals surface area contributed by atoms with Crippen LogP contribution in [0.3, 0.4) is 0 Å². The van der Waals surface area contributed by atoms with Crippen molar-refractivity contribution in [3.05, 3.63) is 52.5 Å². The van der Waals surface area contributed by atoms with E-state index < -0.39 is 0 Å². The predicted octanol–water partition coefficient (Wildman–Crippen LogP) is 3.95. The molecule has 0 saturated heterocycles. The van der Waals surface area contributed by atoms with Crippen molar-refractivity contribution in [3.8, 4) is 5.75 Å². The fourth-order valence-electron chi connectivity index (χ4n) is 2.01. The molecular formula is C16H17ClN2O2. The van der Waals surface area contributed by atoms with Crippen molar-refractivity contribution in [2.75, 3.05) is 24.8 Å². The van der Waals surface area contributed by atoms with Gasteiger partial charge in [0, 0.05) is 18.4 Å². The van der Waals surface area contributed by atoms with Crippen LogP contribution in [0.15, 0.2) is 36.4 Å². The maximum Gasteiger partial charge on any atom is 0.257 e. The zero-order valence-corrected chi connectivity index (χ0v) is 12.9. The number of rotatable bonds is 4. The summed E-state index contributed by atoms with van der Waals surface area (Å²) < 4.78 is 5.09. The minimum Gasteiger partial charge on any atom is -0.495 e. The minimum absolute atomic E-state index is 0.190. The Balaban J connectivity index is 2.26. The highest BCUT2D eigenvalue weighted by atomic mass is 35.5. The average molecular weight is 305 g/mol. The first-order valence-corrected chi connectivity index (χ1v) is 6.86. The number of benzene rings is 2. The Kier molecular flexibility index (Phi) is 4.70. The molecule has 0 saturated carbocycles. The first-order chi connectivity index (χ1) is 10.0. The summed E-state index contributed by atoms with van der Waals surface area (Å²) in [7, 11) is 3.33. The summed E-state index contributed by atoms with van der Waals surface area (Å²) >= 11 is 6.05. The lowest BCUT2D eigenvalue weighted by Gasteiger charge is -2.12. The molecule has 1 amide bonds. The third-order valence-electron chi connectivity index (χ3n) is 3.10. The van der Waals surface area contributed by atoms with Crippen LogP contribution < -0.4 is 15.4 Å². The van der Waals surface area contributed by atoms with E-state index in [0.717, 1.165) is 11.3 Å². The molecule has 4 nitrogen and oxygen atoms in total. The van der Waals surface area contributed by atoms with E-state index in [1.54, 1.807) is 32.4 Å². The highest BCUT2D eigenvalue weighted by Crippen LogP contribution is 2.28. The molecule has 0 atom stereocenters. The Bertz CT molecular complexity index is 671. The molecule has 2 aromatic rings. The first kappa shape index (κ1) is 15.2. The molecule has 0 unspecified atom stereocenters. The molecule has 2 N–H and O–H groups in total. The van der Waals surface area contributed by atoms with Gasteiger partial charge in [0.25, 0.3) is 5.91 Å². The van der Waals surface area contributed by atoms with E-state index in [4.69, 9.17) is 16.3 Å². The van der Waals surface area contributed by atoms with E-state index in [9.17, 15) is 4.79 Å². The molecule has 0 aliphatic heterocycles. The van der Waals surface area contributed by atoms with E-state index in [-0.39, 0.29) is 5.91 Å². The van der Waals surface area contributed by atoms with Crippen molar-refractivity contribution in [2.45, 2.75) is 6.92 Å². The first-order valence-electron chi connectivity index (χ1n) is 6.48. The molecule has 0 heterocycles. The Labute approximate surface area is 129 Å². The topological polar surface area (TPSA) is 50.4 Å². The number of carbonyl (C=O) groups is 1. The van der Waals surface area contributed by atoms with Crippen molar-refractivity contribution < 1.29 is 9.53 Å². The quantitative estimate of drug-likeness (QED) is 0.899. The minimum atomic E-state index is -0.190. The van der Waals surface area contributed by atoms with Crippen molar-refractivity contribution in [1.82, 2.24) is 0 Å². The molecule has 2 aromatic carbocycles. The molecule has 0 radical (unpaired) electrons. The van der Waals surface area contributed by atoms with Gasteiger partial charge >= 0.3 is 0 Å². The van der Waals surface area contributed by atoms with Gasteiger partial charge in [-0.15, -0.1) is 0 Å². The molecule has 0 fully saturated rings. The summed E-state index contributed by atoms with van der Waals surface area (Å²) in [5.41, 5.74) is 3.00. The van der Waals surface area contributed by atoms with Crippen molar-refractivity contribution >= 4 is 28.9 Å². The summed E-state index contributed by atoms with van der Waals surface area (Å²) in [6.45, 7) is 1.94. The number of hydrogen-bond donors (Lipinski definition) is 2. The Morgan fingerprint density at radius 2 is 1.95 bits per heavy atom. The second-order valence-corrected chi connectivity index (χ2v) is 5.01. The molecule has 0 spiro atoms. The second kappa shape index (κ2) is 6.50. The van der Waals surface area contributed by atoms with Crippen LogP contribution >= 0.6 is 11.6 Å². The Morgan fingerprint density at radius 3 is 2.57 bits per heavy atom. The van der Waals surface area contributed by atoms with Gasteiger partial charge in [0.1, 0.15) is 5.75 Å². The van der Waals surface area contributed by atoms with Crippen LogP contribution in [0.1, 0.15) is 15.9 Å². The molecule has 0 aromatic heterocycles. The van der Waals surface area contributed by atoms with Gasteiger partial charge in [-0.25, -0.2) is 0 Å². The van der Waals surface area contributed by atoms with Gasteiger partial charge in [-0.3, -0.25) is 4.79 Å². The van der Waals surface area contributed by atoms with E-state index in [1.165, 1.54) is 0 Å². The van der Waals surface area contributed by atoms with Gasteiger partial charge in [-0.1, -0.05) is 23.2 Å². The molecule has 0 aliphatic carbocycles. The molecule has 0 aliphatic rings. The van der Waals surface area contributed by atoms with Crippen LogP contribution in [0.2, 0.25) is 5.02 Å². The number of nitrogens with one attached hydrogen (secondary N) is 2. The molecular weight excluding hydrogens is 288 g/mol. The summed E-state index contributed by atoms with van der Waals surface area (Å²) in [4.78, 5) is 12.4. The second-order valence-electron chi connectivity index (χ2n) is 4.60. The highest BCUT2D eigenvalue weighted by molar-refractivity contribution is 6.32. The predicted molar refractivity (Wildman–Crippen MR) is 86.7 cm³/mol. The zero-order chi connectivity index (χ0) is 15.4. The number of amides is 1. The number of anilines is 2. The third kappa shape index (κ3) is 3.47. The Morgan fingerprint density at radius 1 is 1.19 bits per heavy atom. The molecule has 5 heteroatoms. The zero-order valence-electron chi connectivity index (χ0n) is 12.2. The maximum atomic E-state index is 12.4. The monoisotopic (exact) mass is 304 g/mol. The Hall–Kier alpha value is -2.20. The van der Waals surface area contributed by atoms with Crippen molar-refractivity contribution in [3.63, 3.8) is 0 Å². The van der Waals surface area contributed by atoms with Crippen molar-refractivity contribution in [2.24, 2.45) is 0 Å². The van der Waals surface area contributed by atoms with E-state index in [2.05, 4.69) is 10.6 Å². The van der Waals surface area contributed by atoms with Crippen LogP contribution in [0.4, 0.5) is 11.4 Å². The van der Waals surface area contributed by atoms with Crippen LogP contribution in [0, 0.1) is 6.92 Å². The number of carbonyl (C=O) groups excluding carboxylic acids is 1. The van der Waals surface area contributed by atoms with Crippen LogP contribution in [0.5, 0.6) is 5.75 Å². The largest absolute Gasteiger partial charge is 0.495 e. The van der Waals surface area contributed by atoms with Gasteiger partial charge in [-0.05, 0) is 37.3 Å². The lowest BCUT2D eigenvalue weighted by atomic mass is 10.1. The number of aryl methyl sites for hydroxylation is 1. The lowest BCUT2D eigenvalue weighted by molar-refractivity contribution is 0.102. The van der Waals surface area contributed by atoms with Gasteiger partial charge in [-0.2, -0.15) is 0 Å². The molecule has 0 bridgehead atoms.